The Morgan fingerprint density at radius 1 is 0.677 bits per heavy atom. The highest BCUT2D eigenvalue weighted by atomic mass is 19.4. The quantitative estimate of drug-likeness (QED) is 0.436. The van der Waals surface area contributed by atoms with Crippen LogP contribution in [-0.2, 0) is 14.9 Å². The Labute approximate surface area is 173 Å². The number of esters is 2. The van der Waals surface area contributed by atoms with Crippen molar-refractivity contribution in [3.05, 3.63) is 70.8 Å². The maximum Gasteiger partial charge on any atom is 0.411 e. The highest BCUT2D eigenvalue weighted by Crippen LogP contribution is 2.57. The van der Waals surface area contributed by atoms with E-state index in [0.717, 1.165) is 36.4 Å². The van der Waals surface area contributed by atoms with Gasteiger partial charge in [0.15, 0.2) is 0 Å². The third-order valence-corrected chi connectivity index (χ3v) is 4.50. The minimum Gasteiger partial charge on any atom is -0.462 e. The van der Waals surface area contributed by atoms with Crippen molar-refractivity contribution in [1.82, 2.24) is 0 Å². The Balaban J connectivity index is 3.05. The molecule has 0 amide bonds. The molecule has 168 valence electrons. The lowest BCUT2D eigenvalue weighted by molar-refractivity contribution is -0.288. The van der Waals surface area contributed by atoms with Crippen molar-refractivity contribution < 1.29 is 45.4 Å². The van der Waals surface area contributed by atoms with Gasteiger partial charge in [0.2, 0.25) is 5.41 Å². The Hall–Kier alpha value is -3.04. The zero-order chi connectivity index (χ0) is 23.4. The number of halogens is 6. The van der Waals surface area contributed by atoms with Crippen LogP contribution in [-0.4, -0.2) is 37.5 Å². The van der Waals surface area contributed by atoms with Gasteiger partial charge in [-0.2, -0.15) is 26.3 Å². The molecule has 0 bridgehead atoms. The second kappa shape index (κ2) is 8.99. The van der Waals surface area contributed by atoms with Crippen LogP contribution >= 0.6 is 0 Å². The number of hydrogen-bond donors (Lipinski definition) is 0. The van der Waals surface area contributed by atoms with E-state index in [-0.39, 0.29) is 13.2 Å². The van der Waals surface area contributed by atoms with Gasteiger partial charge in [-0.05, 0) is 37.1 Å². The highest BCUT2D eigenvalue weighted by molar-refractivity contribution is 5.94. The first-order valence-corrected chi connectivity index (χ1v) is 9.10. The number of benzene rings is 2. The van der Waals surface area contributed by atoms with Gasteiger partial charge in [0, 0.05) is 0 Å². The van der Waals surface area contributed by atoms with Gasteiger partial charge in [0.25, 0.3) is 0 Å². The van der Waals surface area contributed by atoms with Crippen LogP contribution in [0.5, 0.6) is 0 Å². The van der Waals surface area contributed by atoms with E-state index >= 15 is 0 Å². The molecule has 0 heterocycles. The van der Waals surface area contributed by atoms with Crippen molar-refractivity contribution in [2.45, 2.75) is 31.6 Å². The normalized spacial score (nSPS) is 12.4. The maximum atomic E-state index is 14.5. The van der Waals surface area contributed by atoms with E-state index in [0.29, 0.717) is 12.1 Å². The van der Waals surface area contributed by atoms with Crippen molar-refractivity contribution in [2.24, 2.45) is 0 Å². The number of carbonyl (C=O) groups is 2. The molecule has 4 nitrogen and oxygen atoms in total. The molecular weight excluding hydrogens is 430 g/mol. The van der Waals surface area contributed by atoms with Crippen LogP contribution in [0.4, 0.5) is 26.3 Å². The largest absolute Gasteiger partial charge is 0.462 e. The fraction of sp³-hybridized carbons (Fsp3) is 0.333. The second-order valence-electron chi connectivity index (χ2n) is 6.28. The molecule has 31 heavy (non-hydrogen) atoms. The Bertz CT molecular complexity index is 872. The highest BCUT2D eigenvalue weighted by Gasteiger charge is 2.74. The molecule has 0 radical (unpaired) electrons. The molecule has 0 fully saturated rings. The van der Waals surface area contributed by atoms with Gasteiger partial charge in [-0.3, -0.25) is 0 Å². The number of rotatable bonds is 6. The summed E-state index contributed by atoms with van der Waals surface area (Å²) in [6.45, 7) is 2.18. The topological polar surface area (TPSA) is 52.6 Å². The number of alkyl halides is 6. The Morgan fingerprint density at radius 2 is 1.00 bits per heavy atom. The first-order valence-electron chi connectivity index (χ1n) is 9.10. The molecule has 0 aromatic heterocycles. The monoisotopic (exact) mass is 448 g/mol. The molecule has 0 N–H and O–H groups in total. The SMILES string of the molecule is CCOC(=O)c1ccccc1C(c1ccccc1C(=O)OCC)(C(F)(F)F)C(F)(F)F. The van der Waals surface area contributed by atoms with E-state index in [4.69, 9.17) is 0 Å². The van der Waals surface area contributed by atoms with Crippen LogP contribution in [0.25, 0.3) is 0 Å². The molecule has 0 spiro atoms. The van der Waals surface area contributed by atoms with Gasteiger partial charge in [0.05, 0.1) is 24.3 Å². The average Bonchev–Trinajstić information content (AvgIpc) is 2.67. The molecule has 0 aliphatic heterocycles. The van der Waals surface area contributed by atoms with Gasteiger partial charge < -0.3 is 9.47 Å². The van der Waals surface area contributed by atoms with Gasteiger partial charge >= 0.3 is 24.3 Å². The van der Waals surface area contributed by atoms with Gasteiger partial charge in [-0.15, -0.1) is 0 Å². The van der Waals surface area contributed by atoms with Crippen LogP contribution in [0.2, 0.25) is 0 Å². The molecule has 0 saturated heterocycles. The van der Waals surface area contributed by atoms with E-state index < -0.39 is 52.0 Å². The Morgan fingerprint density at radius 3 is 1.29 bits per heavy atom. The lowest BCUT2D eigenvalue weighted by Crippen LogP contribution is -2.56. The van der Waals surface area contributed by atoms with Crippen molar-refractivity contribution in [3.63, 3.8) is 0 Å². The summed E-state index contributed by atoms with van der Waals surface area (Å²) in [5.74, 6) is -2.71. The molecule has 2 aromatic carbocycles. The predicted octanol–water partition coefficient (Wildman–Crippen LogP) is 5.45. The molecule has 10 heteroatoms. The van der Waals surface area contributed by atoms with Crippen LogP contribution in [0.1, 0.15) is 45.7 Å². The molecule has 0 aliphatic carbocycles. The summed E-state index contributed by atoms with van der Waals surface area (Å²) in [5.41, 5.74) is -9.34. The van der Waals surface area contributed by atoms with Crippen LogP contribution < -0.4 is 0 Å². The van der Waals surface area contributed by atoms with E-state index in [2.05, 4.69) is 9.47 Å². The summed E-state index contributed by atoms with van der Waals surface area (Å²) in [6.07, 6.45) is -12.0. The number of ether oxygens (including phenoxy) is 2. The molecule has 2 rings (SSSR count). The summed E-state index contributed by atoms with van der Waals surface area (Å²) in [7, 11) is 0. The fourth-order valence-corrected chi connectivity index (χ4v) is 3.31. The van der Waals surface area contributed by atoms with Crippen molar-refractivity contribution in [1.29, 1.82) is 0 Å². The zero-order valence-corrected chi connectivity index (χ0v) is 16.4. The van der Waals surface area contributed by atoms with Crippen molar-refractivity contribution >= 4 is 11.9 Å². The molecular formula is C21H18F6O4. The van der Waals surface area contributed by atoms with E-state index in [1.54, 1.807) is 0 Å². The minimum absolute atomic E-state index is 0.266. The summed E-state index contributed by atoms with van der Waals surface area (Å²) in [5, 5.41) is 0. The maximum absolute atomic E-state index is 14.5. The average molecular weight is 448 g/mol. The molecule has 2 aromatic rings. The molecule has 0 atom stereocenters. The van der Waals surface area contributed by atoms with Crippen LogP contribution in [0.3, 0.4) is 0 Å². The second-order valence-corrected chi connectivity index (χ2v) is 6.28. The van der Waals surface area contributed by atoms with Crippen LogP contribution in [0.15, 0.2) is 48.5 Å². The lowest BCUT2D eigenvalue weighted by Gasteiger charge is -2.39. The third kappa shape index (κ3) is 4.24. The van der Waals surface area contributed by atoms with Crippen LogP contribution in [0, 0.1) is 0 Å². The third-order valence-electron chi connectivity index (χ3n) is 4.50. The molecule has 0 aliphatic rings. The van der Waals surface area contributed by atoms with Crippen molar-refractivity contribution in [3.8, 4) is 0 Å². The molecule has 0 unspecified atom stereocenters. The first-order chi connectivity index (χ1) is 14.4. The van der Waals surface area contributed by atoms with E-state index in [1.165, 1.54) is 13.8 Å². The predicted molar refractivity (Wildman–Crippen MR) is 97.7 cm³/mol. The van der Waals surface area contributed by atoms with E-state index in [9.17, 15) is 35.9 Å². The standard InChI is InChI=1S/C21H18F6O4/c1-3-30-17(28)13-9-5-7-11-15(13)19(20(22,23)24,21(25,26)27)16-12-8-6-10-14(16)18(29)31-4-2/h5-12H,3-4H2,1-2H3. The lowest BCUT2D eigenvalue weighted by atomic mass is 9.69. The van der Waals surface area contributed by atoms with Gasteiger partial charge in [0.1, 0.15) is 0 Å². The van der Waals surface area contributed by atoms with E-state index in [1.807, 2.05) is 0 Å². The molecule has 0 saturated carbocycles. The first kappa shape index (κ1) is 24.2. The summed E-state index contributed by atoms with van der Waals surface area (Å²) >= 11 is 0. The smallest absolute Gasteiger partial charge is 0.411 e. The van der Waals surface area contributed by atoms with Gasteiger partial charge in [-0.1, -0.05) is 36.4 Å². The number of carbonyl (C=O) groups excluding carboxylic acids is 2. The summed E-state index contributed by atoms with van der Waals surface area (Å²) in [4.78, 5) is 24.5. The number of hydrogen-bond acceptors (Lipinski definition) is 4. The van der Waals surface area contributed by atoms with Crippen molar-refractivity contribution in [2.75, 3.05) is 13.2 Å². The summed E-state index contributed by atoms with van der Waals surface area (Å²) in [6, 6.07) is 6.84. The van der Waals surface area contributed by atoms with Gasteiger partial charge in [-0.25, -0.2) is 9.59 Å². The zero-order valence-electron chi connectivity index (χ0n) is 16.4. The minimum atomic E-state index is -5.99. The summed E-state index contributed by atoms with van der Waals surface area (Å²) < 4.78 is 96.2. The fourth-order valence-electron chi connectivity index (χ4n) is 3.31. The Kier molecular flexibility index (Phi) is 7.03.